The van der Waals surface area contributed by atoms with Gasteiger partial charge in [-0.05, 0) is 24.3 Å². The average molecular weight is 265 g/mol. The molecule has 1 rings (SSSR count). The van der Waals surface area contributed by atoms with Crippen molar-refractivity contribution >= 4 is 23.7 Å². The second-order valence-electron chi connectivity index (χ2n) is 3.22. The third-order valence-electron chi connectivity index (χ3n) is 1.95. The van der Waals surface area contributed by atoms with E-state index < -0.39 is 18.5 Å². The van der Waals surface area contributed by atoms with E-state index in [2.05, 4.69) is 14.5 Å². The zero-order chi connectivity index (χ0) is 14.1. The highest BCUT2D eigenvalue weighted by molar-refractivity contribution is 5.77. The minimum atomic E-state index is -0.694. The number of hydrogen-bond donors (Lipinski definition) is 0. The van der Waals surface area contributed by atoms with Gasteiger partial charge in [0.15, 0.2) is 13.2 Å². The van der Waals surface area contributed by atoms with E-state index >= 15 is 0 Å². The molecule has 0 radical (unpaired) electrons. The summed E-state index contributed by atoms with van der Waals surface area (Å²) in [6.45, 7) is -0.793. The van der Waals surface area contributed by atoms with Crippen molar-refractivity contribution in [3.63, 3.8) is 0 Å². The number of ether oxygens (including phenoxy) is 3. The average Bonchev–Trinajstić information content (AvgIpc) is 2.44. The summed E-state index contributed by atoms with van der Waals surface area (Å²) in [4.78, 5) is 35.3. The zero-order valence-corrected chi connectivity index (χ0v) is 10.1. The molecule has 0 aliphatic carbocycles. The smallest absolute Gasteiger partial charge is 0.344 e. The predicted octanol–water partition coefficient (Wildman–Crippen LogP) is 0.749. The lowest BCUT2D eigenvalue weighted by molar-refractivity contribution is -0.158. The lowest BCUT2D eigenvalue weighted by Gasteiger charge is -2.06. The third kappa shape index (κ3) is 5.47. The fourth-order valence-corrected chi connectivity index (χ4v) is 1.05. The first-order valence-electron chi connectivity index (χ1n) is 5.19. The summed E-state index contributed by atoms with van der Waals surface area (Å²) in [7, 11) is 1.19. The SMILES string of the molecule is COC(=O)COC(=O)COc1ccc(N=C=O)cc1. The quantitative estimate of drug-likeness (QED) is 0.428. The molecule has 0 unspecified atom stereocenters. The molecule has 1 aromatic rings. The molecule has 0 bridgehead atoms. The van der Waals surface area contributed by atoms with E-state index in [0.717, 1.165) is 0 Å². The number of rotatable bonds is 6. The highest BCUT2D eigenvalue weighted by atomic mass is 16.6. The van der Waals surface area contributed by atoms with Gasteiger partial charge in [0.25, 0.3) is 0 Å². The maximum absolute atomic E-state index is 11.2. The van der Waals surface area contributed by atoms with Crippen LogP contribution < -0.4 is 4.74 Å². The molecule has 0 saturated carbocycles. The Morgan fingerprint density at radius 1 is 1.16 bits per heavy atom. The summed E-state index contributed by atoms with van der Waals surface area (Å²) in [5.74, 6) is -0.940. The van der Waals surface area contributed by atoms with Gasteiger partial charge in [0.2, 0.25) is 6.08 Å². The number of esters is 2. The molecule has 100 valence electrons. The molecule has 0 fully saturated rings. The highest BCUT2D eigenvalue weighted by Gasteiger charge is 2.08. The van der Waals surface area contributed by atoms with Crippen LogP contribution in [0, 0.1) is 0 Å². The van der Waals surface area contributed by atoms with Crippen molar-refractivity contribution < 1.29 is 28.6 Å². The third-order valence-corrected chi connectivity index (χ3v) is 1.95. The fraction of sp³-hybridized carbons (Fsp3) is 0.250. The van der Waals surface area contributed by atoms with Gasteiger partial charge in [0.1, 0.15) is 5.75 Å². The minimum Gasteiger partial charge on any atom is -0.482 e. The molecule has 0 atom stereocenters. The molecule has 0 aromatic heterocycles. The van der Waals surface area contributed by atoms with E-state index in [1.165, 1.54) is 37.5 Å². The first kappa shape index (κ1) is 14.4. The van der Waals surface area contributed by atoms with Gasteiger partial charge in [0, 0.05) is 0 Å². The van der Waals surface area contributed by atoms with E-state index in [-0.39, 0.29) is 6.61 Å². The van der Waals surface area contributed by atoms with Gasteiger partial charge in [-0.2, -0.15) is 4.99 Å². The molecule has 0 heterocycles. The van der Waals surface area contributed by atoms with Crippen LogP contribution in [0.5, 0.6) is 5.75 Å². The number of isocyanates is 1. The summed E-state index contributed by atoms with van der Waals surface area (Å²) in [6, 6.07) is 6.12. The number of hydrogen-bond acceptors (Lipinski definition) is 7. The van der Waals surface area contributed by atoms with Crippen LogP contribution >= 0.6 is 0 Å². The first-order chi connectivity index (χ1) is 9.15. The predicted molar refractivity (Wildman–Crippen MR) is 62.7 cm³/mol. The molecule has 7 nitrogen and oxygen atoms in total. The van der Waals surface area contributed by atoms with Crippen molar-refractivity contribution in [2.45, 2.75) is 0 Å². The fourth-order valence-electron chi connectivity index (χ4n) is 1.05. The lowest BCUT2D eigenvalue weighted by Crippen LogP contribution is -2.20. The van der Waals surface area contributed by atoms with Crippen LogP contribution in [-0.2, 0) is 23.9 Å². The van der Waals surface area contributed by atoms with Crippen LogP contribution in [-0.4, -0.2) is 38.3 Å². The number of methoxy groups -OCH3 is 1. The monoisotopic (exact) mass is 265 g/mol. The van der Waals surface area contributed by atoms with Gasteiger partial charge in [-0.1, -0.05) is 0 Å². The van der Waals surface area contributed by atoms with Crippen LogP contribution in [0.1, 0.15) is 0 Å². The number of nitrogens with zero attached hydrogens (tertiary/aromatic N) is 1. The van der Waals surface area contributed by atoms with Crippen molar-refractivity contribution in [2.24, 2.45) is 4.99 Å². The van der Waals surface area contributed by atoms with Crippen molar-refractivity contribution in [3.05, 3.63) is 24.3 Å². The van der Waals surface area contributed by atoms with Gasteiger partial charge < -0.3 is 14.2 Å². The molecule has 0 saturated heterocycles. The van der Waals surface area contributed by atoms with Crippen LogP contribution in [0.15, 0.2) is 29.3 Å². The van der Waals surface area contributed by atoms with Gasteiger partial charge in [-0.3, -0.25) is 0 Å². The number of carbonyl (C=O) groups is 2. The van der Waals surface area contributed by atoms with E-state index in [0.29, 0.717) is 11.4 Å². The summed E-state index contributed by atoms with van der Waals surface area (Å²) in [5, 5.41) is 0. The van der Waals surface area contributed by atoms with E-state index in [9.17, 15) is 14.4 Å². The van der Waals surface area contributed by atoms with Crippen LogP contribution in [0.4, 0.5) is 5.69 Å². The highest BCUT2D eigenvalue weighted by Crippen LogP contribution is 2.17. The van der Waals surface area contributed by atoms with Gasteiger partial charge >= 0.3 is 11.9 Å². The number of carbonyl (C=O) groups excluding carboxylic acids is 3. The lowest BCUT2D eigenvalue weighted by atomic mass is 10.3. The van der Waals surface area contributed by atoms with Crippen molar-refractivity contribution in [1.29, 1.82) is 0 Å². The van der Waals surface area contributed by atoms with Gasteiger partial charge in [0.05, 0.1) is 12.8 Å². The second-order valence-corrected chi connectivity index (χ2v) is 3.22. The molecule has 0 N–H and O–H groups in total. The Morgan fingerprint density at radius 3 is 2.42 bits per heavy atom. The van der Waals surface area contributed by atoms with Crippen molar-refractivity contribution in [2.75, 3.05) is 20.3 Å². The molecule has 0 amide bonds. The van der Waals surface area contributed by atoms with Crippen LogP contribution in [0.3, 0.4) is 0 Å². The molecule has 7 heteroatoms. The number of aliphatic imine (C=N–C) groups is 1. The van der Waals surface area contributed by atoms with E-state index in [4.69, 9.17) is 4.74 Å². The Hall–Kier alpha value is -2.66. The second kappa shape index (κ2) is 7.62. The topological polar surface area (TPSA) is 91.3 Å². The standard InChI is InChI=1S/C12H11NO6/c1-17-11(15)6-19-12(16)7-18-10-4-2-9(3-5-10)13-8-14/h2-5H,6-7H2,1H3. The molecule has 19 heavy (non-hydrogen) atoms. The first-order valence-corrected chi connectivity index (χ1v) is 5.19. The Bertz CT molecular complexity index is 489. The summed E-state index contributed by atoms with van der Waals surface area (Å²) in [5.41, 5.74) is 0.426. The van der Waals surface area contributed by atoms with Crippen LogP contribution in [0.2, 0.25) is 0 Å². The normalized spacial score (nSPS) is 9.11. The molecule has 0 aliphatic rings. The Morgan fingerprint density at radius 2 is 1.84 bits per heavy atom. The molecular weight excluding hydrogens is 254 g/mol. The van der Waals surface area contributed by atoms with Crippen LogP contribution in [0.25, 0.3) is 0 Å². The summed E-state index contributed by atoms with van der Waals surface area (Å²) < 4.78 is 14.0. The van der Waals surface area contributed by atoms with Gasteiger partial charge in [-0.25, -0.2) is 14.4 Å². The van der Waals surface area contributed by atoms with Gasteiger partial charge in [-0.15, -0.1) is 0 Å². The molecule has 0 aliphatic heterocycles. The minimum absolute atomic E-state index is 0.340. The summed E-state index contributed by atoms with van der Waals surface area (Å²) in [6.07, 6.45) is 1.40. The molecule has 0 spiro atoms. The number of benzene rings is 1. The zero-order valence-electron chi connectivity index (χ0n) is 10.1. The molecular formula is C12H11NO6. The molecule has 1 aromatic carbocycles. The largest absolute Gasteiger partial charge is 0.482 e. The summed E-state index contributed by atoms with van der Waals surface area (Å²) >= 11 is 0. The Labute approximate surface area is 108 Å². The maximum atomic E-state index is 11.2. The van der Waals surface area contributed by atoms with Crippen molar-refractivity contribution in [3.8, 4) is 5.75 Å². The Balaban J connectivity index is 2.37. The Kier molecular flexibility index (Phi) is 5.78. The van der Waals surface area contributed by atoms with E-state index in [1.54, 1.807) is 0 Å². The maximum Gasteiger partial charge on any atom is 0.344 e. The van der Waals surface area contributed by atoms with Crippen molar-refractivity contribution in [1.82, 2.24) is 0 Å². The van der Waals surface area contributed by atoms with E-state index in [1.807, 2.05) is 0 Å².